The fraction of sp³-hybridized carbons (Fsp3) is 0.273. The van der Waals surface area contributed by atoms with Gasteiger partial charge in [-0.05, 0) is 31.5 Å². The maximum Gasteiger partial charge on any atom is 0.320 e. The van der Waals surface area contributed by atoms with Gasteiger partial charge in [-0.1, -0.05) is 48.5 Å². The number of allylic oxidation sites excluding steroid dienone is 1. The third kappa shape index (κ3) is 3.69. The van der Waals surface area contributed by atoms with Crippen LogP contribution in [-0.2, 0) is 9.53 Å². The normalized spacial score (nSPS) is 14.0. The molecule has 0 aromatic heterocycles. The lowest BCUT2D eigenvalue weighted by Gasteiger charge is -2.33. The lowest BCUT2D eigenvalue weighted by atomic mass is 9.69. The fourth-order valence-electron chi connectivity index (χ4n) is 3.05. The predicted molar refractivity (Wildman–Crippen MR) is 101 cm³/mol. The van der Waals surface area contributed by atoms with E-state index in [1.54, 1.807) is 63.4 Å². The number of esters is 1. The summed E-state index contributed by atoms with van der Waals surface area (Å²) in [6.45, 7) is 7.42. The summed E-state index contributed by atoms with van der Waals surface area (Å²) in [7, 11) is 1.58. The molecule has 0 aliphatic carbocycles. The Morgan fingerprint density at radius 2 is 1.73 bits per heavy atom. The topological polar surface area (TPSA) is 52.6 Å². The Balaban J connectivity index is 2.55. The van der Waals surface area contributed by atoms with Crippen molar-refractivity contribution < 1.29 is 19.1 Å². The number of hydrogen-bond donors (Lipinski definition) is 0. The first-order valence-corrected chi connectivity index (χ1v) is 8.52. The molecule has 0 radical (unpaired) electrons. The van der Waals surface area contributed by atoms with E-state index in [0.717, 1.165) is 5.56 Å². The van der Waals surface area contributed by atoms with Crippen LogP contribution in [0.1, 0.15) is 35.7 Å². The summed E-state index contributed by atoms with van der Waals surface area (Å²) in [5.74, 6) is -0.698. The number of carbonyl (C=O) groups is 2. The molecule has 2 rings (SSSR count). The molecule has 4 nitrogen and oxygen atoms in total. The van der Waals surface area contributed by atoms with Crippen LogP contribution in [0.25, 0.3) is 0 Å². The van der Waals surface area contributed by atoms with Gasteiger partial charge >= 0.3 is 5.97 Å². The largest absolute Gasteiger partial charge is 0.497 e. The van der Waals surface area contributed by atoms with Crippen molar-refractivity contribution in [2.24, 2.45) is 5.41 Å². The van der Waals surface area contributed by atoms with E-state index in [9.17, 15) is 9.59 Å². The molecule has 0 bridgehead atoms. The highest BCUT2D eigenvalue weighted by molar-refractivity contribution is 6.13. The molecule has 0 fully saturated rings. The molecular formula is C22H24O4. The molecule has 0 amide bonds. The van der Waals surface area contributed by atoms with Gasteiger partial charge < -0.3 is 9.47 Å². The standard InChI is InChI=1S/C22H24O4/c1-5-19(16-12-14-18(25-4)15-13-16)22(3,21(24)26-6-2)20(23)17-10-8-7-9-11-17/h5,7-15,19H,1,6H2,2-4H3/t19-,22+/m0/s1. The third-order valence-electron chi connectivity index (χ3n) is 4.54. The summed E-state index contributed by atoms with van der Waals surface area (Å²) < 4.78 is 10.5. The van der Waals surface area contributed by atoms with Crippen LogP contribution in [0.2, 0.25) is 0 Å². The molecular weight excluding hydrogens is 328 g/mol. The van der Waals surface area contributed by atoms with Crippen molar-refractivity contribution in [3.05, 3.63) is 78.4 Å². The first-order valence-electron chi connectivity index (χ1n) is 8.52. The molecule has 0 saturated carbocycles. The Morgan fingerprint density at radius 3 is 2.23 bits per heavy atom. The highest BCUT2D eigenvalue weighted by Gasteiger charge is 2.49. The molecule has 2 aromatic rings. The van der Waals surface area contributed by atoms with E-state index < -0.39 is 17.3 Å². The smallest absolute Gasteiger partial charge is 0.320 e. The lowest BCUT2D eigenvalue weighted by Crippen LogP contribution is -2.42. The zero-order chi connectivity index (χ0) is 19.2. The molecule has 4 heteroatoms. The Hall–Kier alpha value is -2.88. The molecule has 0 N–H and O–H groups in total. The van der Waals surface area contributed by atoms with Gasteiger partial charge in [0.25, 0.3) is 0 Å². The summed E-state index contributed by atoms with van der Waals surface area (Å²) in [5, 5.41) is 0. The van der Waals surface area contributed by atoms with Gasteiger partial charge in [0, 0.05) is 11.5 Å². The van der Waals surface area contributed by atoms with Crippen LogP contribution in [0.5, 0.6) is 5.75 Å². The summed E-state index contributed by atoms with van der Waals surface area (Å²) in [6, 6.07) is 16.0. The minimum absolute atomic E-state index is 0.197. The van der Waals surface area contributed by atoms with E-state index in [0.29, 0.717) is 11.3 Å². The summed E-state index contributed by atoms with van der Waals surface area (Å²) in [4.78, 5) is 26.2. The van der Waals surface area contributed by atoms with Crippen molar-refractivity contribution in [3.63, 3.8) is 0 Å². The highest BCUT2D eigenvalue weighted by atomic mass is 16.5. The molecule has 2 atom stereocenters. The second-order valence-electron chi connectivity index (χ2n) is 6.10. The van der Waals surface area contributed by atoms with Gasteiger partial charge in [-0.15, -0.1) is 6.58 Å². The van der Waals surface area contributed by atoms with Crippen molar-refractivity contribution in [1.29, 1.82) is 0 Å². The molecule has 0 saturated heterocycles. The van der Waals surface area contributed by atoms with Gasteiger partial charge in [0.15, 0.2) is 5.78 Å². The average molecular weight is 352 g/mol. The summed E-state index contributed by atoms with van der Waals surface area (Å²) in [5.41, 5.74) is -0.169. The first-order chi connectivity index (χ1) is 12.5. The minimum atomic E-state index is -1.42. The maximum absolute atomic E-state index is 13.3. The monoisotopic (exact) mass is 352 g/mol. The van der Waals surface area contributed by atoms with Crippen molar-refractivity contribution in [2.75, 3.05) is 13.7 Å². The molecule has 0 spiro atoms. The third-order valence-corrected chi connectivity index (χ3v) is 4.54. The first kappa shape index (κ1) is 19.4. The fourth-order valence-corrected chi connectivity index (χ4v) is 3.05. The number of ether oxygens (including phenoxy) is 2. The van der Waals surface area contributed by atoms with Crippen molar-refractivity contribution in [3.8, 4) is 5.75 Å². The number of ketones is 1. The van der Waals surface area contributed by atoms with Crippen LogP contribution in [0.3, 0.4) is 0 Å². The van der Waals surface area contributed by atoms with Gasteiger partial charge in [-0.2, -0.15) is 0 Å². The Kier molecular flexibility index (Phi) is 6.34. The molecule has 0 unspecified atom stereocenters. The number of rotatable bonds is 8. The lowest BCUT2D eigenvalue weighted by molar-refractivity contribution is -0.152. The van der Waals surface area contributed by atoms with Crippen LogP contribution >= 0.6 is 0 Å². The zero-order valence-corrected chi connectivity index (χ0v) is 15.4. The van der Waals surface area contributed by atoms with E-state index in [-0.39, 0.29) is 12.4 Å². The molecule has 0 heterocycles. The van der Waals surface area contributed by atoms with Crippen molar-refractivity contribution in [2.45, 2.75) is 19.8 Å². The zero-order valence-electron chi connectivity index (χ0n) is 15.4. The molecule has 136 valence electrons. The second-order valence-corrected chi connectivity index (χ2v) is 6.10. The summed E-state index contributed by atoms with van der Waals surface area (Å²) >= 11 is 0. The van der Waals surface area contributed by atoms with Crippen molar-refractivity contribution in [1.82, 2.24) is 0 Å². The van der Waals surface area contributed by atoms with Gasteiger partial charge in [-0.25, -0.2) is 0 Å². The van der Waals surface area contributed by atoms with Crippen LogP contribution in [-0.4, -0.2) is 25.5 Å². The number of methoxy groups -OCH3 is 1. The average Bonchev–Trinajstić information content (AvgIpc) is 2.69. The van der Waals surface area contributed by atoms with Gasteiger partial charge in [0.1, 0.15) is 11.2 Å². The number of carbonyl (C=O) groups excluding carboxylic acids is 2. The van der Waals surface area contributed by atoms with E-state index >= 15 is 0 Å². The van der Waals surface area contributed by atoms with Crippen LogP contribution < -0.4 is 4.74 Å². The van der Waals surface area contributed by atoms with Gasteiger partial charge in [0.05, 0.1) is 13.7 Å². The van der Waals surface area contributed by atoms with E-state index in [1.165, 1.54) is 0 Å². The Bertz CT molecular complexity index is 764. The SMILES string of the molecule is C=C[C@@H](c1ccc(OC)cc1)[C@@](C)(C(=O)OCC)C(=O)c1ccccc1. The quantitative estimate of drug-likeness (QED) is 0.305. The molecule has 2 aromatic carbocycles. The van der Waals surface area contributed by atoms with Crippen molar-refractivity contribution >= 4 is 11.8 Å². The minimum Gasteiger partial charge on any atom is -0.497 e. The van der Waals surface area contributed by atoms with Gasteiger partial charge in [-0.3, -0.25) is 9.59 Å². The van der Waals surface area contributed by atoms with E-state index in [1.807, 2.05) is 18.2 Å². The second kappa shape index (κ2) is 8.48. The number of hydrogen-bond acceptors (Lipinski definition) is 4. The van der Waals surface area contributed by atoms with Gasteiger partial charge in [0.2, 0.25) is 0 Å². The Labute approximate surface area is 154 Å². The molecule has 26 heavy (non-hydrogen) atoms. The van der Waals surface area contributed by atoms with Crippen LogP contribution in [0.4, 0.5) is 0 Å². The molecule has 0 aliphatic rings. The maximum atomic E-state index is 13.3. The molecule has 0 aliphatic heterocycles. The predicted octanol–water partition coefficient (Wildman–Crippen LogP) is 4.42. The van der Waals surface area contributed by atoms with Crippen LogP contribution in [0, 0.1) is 5.41 Å². The summed E-state index contributed by atoms with van der Waals surface area (Å²) in [6.07, 6.45) is 1.62. The highest BCUT2D eigenvalue weighted by Crippen LogP contribution is 2.41. The number of benzene rings is 2. The van der Waals surface area contributed by atoms with Crippen LogP contribution in [0.15, 0.2) is 67.3 Å². The van der Waals surface area contributed by atoms with E-state index in [2.05, 4.69) is 6.58 Å². The number of Topliss-reactive ketones (excluding diaryl/α,β-unsaturated/α-hetero) is 1. The van der Waals surface area contributed by atoms with E-state index in [4.69, 9.17) is 9.47 Å². The Morgan fingerprint density at radius 1 is 1.12 bits per heavy atom.